The zero-order valence-electron chi connectivity index (χ0n) is 17.2. The Hall–Kier alpha value is -2.38. The number of nitrogens with one attached hydrogen (secondary N) is 2. The Kier molecular flexibility index (Phi) is 7.60. The zero-order chi connectivity index (χ0) is 20.7. The van der Waals surface area contributed by atoms with Crippen LogP contribution in [0.25, 0.3) is 0 Å². The van der Waals surface area contributed by atoms with E-state index in [9.17, 15) is 8.42 Å². The summed E-state index contributed by atoms with van der Waals surface area (Å²) in [5, 5.41) is 4.11. The van der Waals surface area contributed by atoms with E-state index in [0.29, 0.717) is 5.71 Å². The Labute approximate surface area is 168 Å². The lowest BCUT2D eigenvalue weighted by Gasteiger charge is -2.18. The van der Waals surface area contributed by atoms with Crippen LogP contribution in [0.5, 0.6) is 5.75 Å². The molecule has 2 aromatic carbocycles. The fourth-order valence-electron chi connectivity index (χ4n) is 2.87. The van der Waals surface area contributed by atoms with Gasteiger partial charge in [0.25, 0.3) is 10.0 Å². The van der Waals surface area contributed by atoms with Gasteiger partial charge in [0.05, 0.1) is 30.8 Å². The van der Waals surface area contributed by atoms with Crippen LogP contribution in [0.4, 0.5) is 0 Å². The number of rotatable bonds is 9. The molecule has 0 fully saturated rings. The number of nitrogens with zero attached hydrogens (tertiary/aromatic N) is 1. The predicted octanol–water partition coefficient (Wildman–Crippen LogP) is 2.13. The van der Waals surface area contributed by atoms with Crippen molar-refractivity contribution in [3.8, 4) is 5.75 Å². The van der Waals surface area contributed by atoms with Crippen molar-refractivity contribution in [3.63, 3.8) is 0 Å². The fourth-order valence-corrected chi connectivity index (χ4v) is 3.73. The lowest BCUT2D eigenvalue weighted by Crippen LogP contribution is -3.10. The van der Waals surface area contributed by atoms with E-state index < -0.39 is 10.0 Å². The van der Waals surface area contributed by atoms with Crippen molar-refractivity contribution in [2.75, 3.05) is 20.2 Å². The summed E-state index contributed by atoms with van der Waals surface area (Å²) < 4.78 is 30.3. The number of sulfonamides is 1. The van der Waals surface area contributed by atoms with Gasteiger partial charge < -0.3 is 9.64 Å². The summed E-state index contributed by atoms with van der Waals surface area (Å²) in [4.78, 5) is 3.95. The summed E-state index contributed by atoms with van der Waals surface area (Å²) >= 11 is 0. The second kappa shape index (κ2) is 9.71. The van der Waals surface area contributed by atoms with Crippen molar-refractivity contribution in [2.45, 2.75) is 39.1 Å². The molecule has 0 aromatic heterocycles. The molecule has 0 amide bonds. The van der Waals surface area contributed by atoms with Crippen LogP contribution in [0.1, 0.15) is 37.5 Å². The molecule has 2 rings (SSSR count). The van der Waals surface area contributed by atoms with Crippen LogP contribution in [0.15, 0.2) is 52.5 Å². The number of hydrazone groups is 1. The average molecular weight is 405 g/mol. The number of methoxy groups -OCH3 is 1. The maximum Gasteiger partial charge on any atom is 0.276 e. The van der Waals surface area contributed by atoms with Crippen molar-refractivity contribution in [1.82, 2.24) is 4.83 Å². The number of quaternary nitrogens is 1. The molecule has 2 N–H and O–H groups in total. The highest BCUT2D eigenvalue weighted by atomic mass is 32.2. The quantitative estimate of drug-likeness (QED) is 0.497. The van der Waals surface area contributed by atoms with Gasteiger partial charge in [-0.1, -0.05) is 17.7 Å². The van der Waals surface area contributed by atoms with Gasteiger partial charge in [0.15, 0.2) is 0 Å². The average Bonchev–Trinajstić information content (AvgIpc) is 2.70. The fraction of sp³-hybridized carbons (Fsp3) is 0.381. The number of hydrogen-bond acceptors (Lipinski definition) is 4. The third kappa shape index (κ3) is 5.56. The van der Waals surface area contributed by atoms with E-state index in [1.807, 2.05) is 25.1 Å². The third-order valence-electron chi connectivity index (χ3n) is 4.80. The van der Waals surface area contributed by atoms with E-state index in [0.717, 1.165) is 42.1 Å². The van der Waals surface area contributed by atoms with Crippen LogP contribution in [-0.2, 0) is 16.6 Å². The van der Waals surface area contributed by atoms with E-state index in [-0.39, 0.29) is 4.90 Å². The number of benzene rings is 2. The molecular formula is C21H30N3O3S+. The molecule has 0 aliphatic heterocycles. The predicted molar refractivity (Wildman–Crippen MR) is 112 cm³/mol. The molecule has 7 heteroatoms. The first-order valence-corrected chi connectivity index (χ1v) is 10.9. The molecule has 2 aromatic rings. The van der Waals surface area contributed by atoms with E-state index >= 15 is 0 Å². The maximum absolute atomic E-state index is 12.4. The van der Waals surface area contributed by atoms with Crippen molar-refractivity contribution in [3.05, 3.63) is 59.2 Å². The molecule has 0 saturated heterocycles. The first-order chi connectivity index (χ1) is 13.3. The summed E-state index contributed by atoms with van der Waals surface area (Å²) in [6, 6.07) is 12.5. The second-order valence-electron chi connectivity index (χ2n) is 6.77. The number of hydrogen-bond donors (Lipinski definition) is 2. The number of ether oxygens (including phenoxy) is 1. The summed E-state index contributed by atoms with van der Waals surface area (Å²) in [5.74, 6) is 0.830. The smallest absolute Gasteiger partial charge is 0.276 e. The van der Waals surface area contributed by atoms with Gasteiger partial charge in [-0.2, -0.15) is 18.4 Å². The monoisotopic (exact) mass is 404 g/mol. The van der Waals surface area contributed by atoms with Crippen molar-refractivity contribution in [2.24, 2.45) is 5.10 Å². The van der Waals surface area contributed by atoms with Gasteiger partial charge in [-0.3, -0.25) is 0 Å². The minimum atomic E-state index is -3.70. The van der Waals surface area contributed by atoms with Crippen LogP contribution in [0.3, 0.4) is 0 Å². The summed E-state index contributed by atoms with van der Waals surface area (Å²) in [6.07, 6.45) is 0. The summed E-state index contributed by atoms with van der Waals surface area (Å²) in [5.41, 5.74) is 3.53. The Morgan fingerprint density at radius 3 is 2.32 bits per heavy atom. The number of aryl methyl sites for hydroxylation is 1. The zero-order valence-corrected chi connectivity index (χ0v) is 18.1. The summed E-state index contributed by atoms with van der Waals surface area (Å²) in [6.45, 7) is 10.9. The molecule has 0 heterocycles. The SMILES string of the molecule is CC[NH+](CC)Cc1cc(/C(C)=N\NS(=O)(=O)c2ccc(C)cc2)ccc1OC. The highest BCUT2D eigenvalue weighted by Crippen LogP contribution is 2.20. The van der Waals surface area contributed by atoms with Crippen LogP contribution >= 0.6 is 0 Å². The van der Waals surface area contributed by atoms with Gasteiger partial charge in [0, 0.05) is 5.56 Å². The Balaban J connectivity index is 2.25. The van der Waals surface area contributed by atoms with Crippen LogP contribution in [0, 0.1) is 6.92 Å². The van der Waals surface area contributed by atoms with Gasteiger partial charge >= 0.3 is 0 Å². The Morgan fingerprint density at radius 2 is 1.75 bits per heavy atom. The van der Waals surface area contributed by atoms with E-state index in [1.54, 1.807) is 38.3 Å². The second-order valence-corrected chi connectivity index (χ2v) is 8.43. The molecule has 6 nitrogen and oxygen atoms in total. The molecular weight excluding hydrogens is 374 g/mol. The van der Waals surface area contributed by atoms with Gasteiger partial charge in [-0.05, 0) is 63.6 Å². The largest absolute Gasteiger partial charge is 0.496 e. The Bertz CT molecular complexity index is 918. The van der Waals surface area contributed by atoms with Gasteiger partial charge in [0.2, 0.25) is 0 Å². The van der Waals surface area contributed by atoms with Gasteiger partial charge in [0.1, 0.15) is 12.3 Å². The van der Waals surface area contributed by atoms with E-state index in [2.05, 4.69) is 23.8 Å². The molecule has 0 radical (unpaired) electrons. The third-order valence-corrected chi connectivity index (χ3v) is 6.03. The van der Waals surface area contributed by atoms with E-state index in [1.165, 1.54) is 4.90 Å². The molecule has 0 atom stereocenters. The first-order valence-electron chi connectivity index (χ1n) is 9.44. The van der Waals surface area contributed by atoms with Crippen molar-refractivity contribution < 1.29 is 18.1 Å². The van der Waals surface area contributed by atoms with Crippen molar-refractivity contribution >= 4 is 15.7 Å². The molecule has 152 valence electrons. The van der Waals surface area contributed by atoms with Gasteiger partial charge in [-0.25, -0.2) is 0 Å². The standard InChI is InChI=1S/C21H29N3O3S/c1-6-24(7-2)15-19-14-18(10-13-21(19)27-5)17(4)22-23-28(25,26)20-11-8-16(3)9-12-20/h8-14,23H,6-7,15H2,1-5H3/p+1/b22-17-. The minimum absolute atomic E-state index is 0.190. The molecule has 0 aliphatic rings. The van der Waals surface area contributed by atoms with Crippen LogP contribution in [-0.4, -0.2) is 34.3 Å². The summed E-state index contributed by atoms with van der Waals surface area (Å²) in [7, 11) is -2.04. The molecule has 28 heavy (non-hydrogen) atoms. The van der Waals surface area contributed by atoms with Gasteiger partial charge in [-0.15, -0.1) is 0 Å². The molecule has 0 unspecified atom stereocenters. The van der Waals surface area contributed by atoms with E-state index in [4.69, 9.17) is 4.74 Å². The maximum atomic E-state index is 12.4. The lowest BCUT2D eigenvalue weighted by molar-refractivity contribution is -0.910. The lowest BCUT2D eigenvalue weighted by atomic mass is 10.1. The topological polar surface area (TPSA) is 72.2 Å². The van der Waals surface area contributed by atoms with Crippen molar-refractivity contribution in [1.29, 1.82) is 0 Å². The minimum Gasteiger partial charge on any atom is -0.496 e. The molecule has 0 aliphatic carbocycles. The molecule has 0 bridgehead atoms. The Morgan fingerprint density at radius 1 is 1.11 bits per heavy atom. The van der Waals surface area contributed by atoms with Crippen LogP contribution < -0.4 is 14.5 Å². The van der Waals surface area contributed by atoms with Crippen LogP contribution in [0.2, 0.25) is 0 Å². The molecule has 0 saturated carbocycles. The normalized spacial score (nSPS) is 12.3. The first kappa shape index (κ1) is 21.9. The molecule has 0 spiro atoms. The highest BCUT2D eigenvalue weighted by Gasteiger charge is 2.14. The highest BCUT2D eigenvalue weighted by molar-refractivity contribution is 7.89.